The molecule has 1 heterocycles. The Kier molecular flexibility index (Phi) is 4.38. The van der Waals surface area contributed by atoms with E-state index in [2.05, 4.69) is 55.0 Å². The van der Waals surface area contributed by atoms with Crippen LogP contribution in [-0.4, -0.2) is 16.6 Å². The molecule has 4 nitrogen and oxygen atoms in total. The molecule has 0 saturated carbocycles. The molecule has 0 aliphatic carbocycles. The zero-order valence-corrected chi connectivity index (χ0v) is 14.3. The van der Waals surface area contributed by atoms with Gasteiger partial charge in [-0.05, 0) is 28.7 Å². The van der Waals surface area contributed by atoms with Crippen LogP contribution in [0, 0.1) is 0 Å². The van der Waals surface area contributed by atoms with Gasteiger partial charge in [-0.15, -0.1) is 0 Å². The molecule has 0 atom stereocenters. The predicted octanol–water partition coefficient (Wildman–Crippen LogP) is 3.84. The number of aromatic nitrogens is 2. The summed E-state index contributed by atoms with van der Waals surface area (Å²) in [6.45, 7) is 7.09. The van der Waals surface area contributed by atoms with Crippen LogP contribution in [0.4, 0.5) is 0 Å². The zero-order valence-electron chi connectivity index (χ0n) is 14.3. The number of benzene rings is 2. The van der Waals surface area contributed by atoms with E-state index in [9.17, 15) is 4.79 Å². The molecule has 4 heteroatoms. The van der Waals surface area contributed by atoms with E-state index in [-0.39, 0.29) is 5.41 Å². The standard InChI is InChI=1S/C20H22N2O2/c1-20(2,3)15-10-8-14(9-11-15)12-13-24-18-16-6-4-5-7-17(16)21-19(23)22-18/h4-11H,12-13H2,1-3H3,(H,21,22,23). The third kappa shape index (κ3) is 3.65. The fourth-order valence-corrected chi connectivity index (χ4v) is 2.62. The van der Waals surface area contributed by atoms with Crippen LogP contribution in [0.15, 0.2) is 53.3 Å². The fourth-order valence-electron chi connectivity index (χ4n) is 2.62. The number of hydrogen-bond donors (Lipinski definition) is 1. The molecule has 3 aromatic rings. The molecular formula is C20H22N2O2. The van der Waals surface area contributed by atoms with Crippen molar-refractivity contribution in [3.63, 3.8) is 0 Å². The second-order valence-electron chi connectivity index (χ2n) is 6.94. The summed E-state index contributed by atoms with van der Waals surface area (Å²) in [5.74, 6) is 0.390. The van der Waals surface area contributed by atoms with Crippen LogP contribution in [0.1, 0.15) is 31.9 Å². The second kappa shape index (κ2) is 6.48. The molecule has 3 rings (SSSR count). The van der Waals surface area contributed by atoms with Gasteiger partial charge in [-0.1, -0.05) is 57.2 Å². The fraction of sp³-hybridized carbons (Fsp3) is 0.300. The lowest BCUT2D eigenvalue weighted by Gasteiger charge is -2.19. The largest absolute Gasteiger partial charge is 0.477 e. The maximum Gasteiger partial charge on any atom is 0.348 e. The highest BCUT2D eigenvalue weighted by atomic mass is 16.5. The molecule has 1 N–H and O–H groups in total. The molecule has 0 spiro atoms. The lowest BCUT2D eigenvalue weighted by Crippen LogP contribution is -2.13. The van der Waals surface area contributed by atoms with Crippen molar-refractivity contribution < 1.29 is 4.74 Å². The second-order valence-corrected chi connectivity index (χ2v) is 6.94. The highest BCUT2D eigenvalue weighted by molar-refractivity contribution is 5.82. The Bertz CT molecular complexity index is 890. The van der Waals surface area contributed by atoms with Crippen LogP contribution < -0.4 is 10.4 Å². The van der Waals surface area contributed by atoms with E-state index in [1.54, 1.807) is 0 Å². The highest BCUT2D eigenvalue weighted by Crippen LogP contribution is 2.23. The first kappa shape index (κ1) is 16.2. The first-order valence-corrected chi connectivity index (χ1v) is 8.15. The number of ether oxygens (including phenoxy) is 1. The Labute approximate surface area is 141 Å². The van der Waals surface area contributed by atoms with E-state index in [0.717, 1.165) is 17.3 Å². The molecule has 0 unspecified atom stereocenters. The molecular weight excluding hydrogens is 300 g/mol. The van der Waals surface area contributed by atoms with E-state index < -0.39 is 5.69 Å². The Morgan fingerprint density at radius 3 is 2.46 bits per heavy atom. The number of para-hydroxylation sites is 1. The number of H-pyrrole nitrogens is 1. The summed E-state index contributed by atoms with van der Waals surface area (Å²) in [7, 11) is 0. The minimum absolute atomic E-state index is 0.156. The van der Waals surface area contributed by atoms with Crippen LogP contribution in [0.2, 0.25) is 0 Å². The Balaban J connectivity index is 1.70. The highest BCUT2D eigenvalue weighted by Gasteiger charge is 2.12. The minimum atomic E-state index is -0.391. The van der Waals surface area contributed by atoms with Crippen molar-refractivity contribution in [1.29, 1.82) is 0 Å². The van der Waals surface area contributed by atoms with Crippen LogP contribution in [0.5, 0.6) is 5.88 Å². The van der Waals surface area contributed by atoms with Crippen molar-refractivity contribution in [2.75, 3.05) is 6.61 Å². The zero-order chi connectivity index (χ0) is 17.2. The molecule has 0 fully saturated rings. The maximum atomic E-state index is 11.6. The van der Waals surface area contributed by atoms with Gasteiger partial charge in [0.2, 0.25) is 5.88 Å². The van der Waals surface area contributed by atoms with E-state index in [4.69, 9.17) is 4.74 Å². The summed E-state index contributed by atoms with van der Waals surface area (Å²) < 4.78 is 5.77. The normalized spacial score (nSPS) is 11.6. The van der Waals surface area contributed by atoms with E-state index in [1.807, 2.05) is 24.3 Å². The molecule has 0 amide bonds. The van der Waals surface area contributed by atoms with Crippen LogP contribution in [0.25, 0.3) is 10.9 Å². The van der Waals surface area contributed by atoms with Crippen molar-refractivity contribution in [3.05, 3.63) is 70.1 Å². The molecule has 0 aliphatic heterocycles. The van der Waals surface area contributed by atoms with Crippen LogP contribution in [-0.2, 0) is 11.8 Å². The van der Waals surface area contributed by atoms with Gasteiger partial charge in [0.15, 0.2) is 0 Å². The summed E-state index contributed by atoms with van der Waals surface area (Å²) in [5, 5.41) is 0.820. The lowest BCUT2D eigenvalue weighted by molar-refractivity contribution is 0.312. The molecule has 0 saturated heterocycles. The van der Waals surface area contributed by atoms with Gasteiger partial charge in [0.25, 0.3) is 0 Å². The molecule has 124 valence electrons. The average Bonchev–Trinajstić information content (AvgIpc) is 2.54. The monoisotopic (exact) mass is 322 g/mol. The quantitative estimate of drug-likeness (QED) is 0.794. The molecule has 1 aromatic heterocycles. The Hall–Kier alpha value is -2.62. The smallest absolute Gasteiger partial charge is 0.348 e. The van der Waals surface area contributed by atoms with E-state index >= 15 is 0 Å². The predicted molar refractivity (Wildman–Crippen MR) is 96.7 cm³/mol. The topological polar surface area (TPSA) is 55.0 Å². The van der Waals surface area contributed by atoms with Gasteiger partial charge in [0.1, 0.15) is 0 Å². The summed E-state index contributed by atoms with van der Waals surface area (Å²) in [6.07, 6.45) is 0.771. The third-order valence-electron chi connectivity index (χ3n) is 4.05. The molecule has 0 radical (unpaired) electrons. The van der Waals surface area contributed by atoms with Crippen molar-refractivity contribution in [2.24, 2.45) is 0 Å². The summed E-state index contributed by atoms with van der Waals surface area (Å²) in [6, 6.07) is 16.1. The summed E-state index contributed by atoms with van der Waals surface area (Å²) in [5.41, 5.74) is 3.02. The Morgan fingerprint density at radius 1 is 1.04 bits per heavy atom. The summed E-state index contributed by atoms with van der Waals surface area (Å²) in [4.78, 5) is 18.3. The average molecular weight is 322 g/mol. The number of nitrogens with zero attached hydrogens (tertiary/aromatic N) is 1. The van der Waals surface area contributed by atoms with Crippen molar-refractivity contribution in [1.82, 2.24) is 9.97 Å². The number of rotatable bonds is 4. The van der Waals surface area contributed by atoms with Gasteiger partial charge in [0, 0.05) is 6.42 Å². The first-order valence-electron chi connectivity index (χ1n) is 8.15. The Morgan fingerprint density at radius 2 is 1.75 bits per heavy atom. The van der Waals surface area contributed by atoms with Gasteiger partial charge >= 0.3 is 5.69 Å². The maximum absolute atomic E-state index is 11.6. The van der Waals surface area contributed by atoms with Gasteiger partial charge in [0.05, 0.1) is 17.5 Å². The molecule has 0 aliphatic rings. The SMILES string of the molecule is CC(C)(C)c1ccc(CCOc2nc(=O)[nH]c3ccccc23)cc1. The third-order valence-corrected chi connectivity index (χ3v) is 4.05. The van der Waals surface area contributed by atoms with Gasteiger partial charge < -0.3 is 9.72 Å². The van der Waals surface area contributed by atoms with Crippen molar-refractivity contribution in [3.8, 4) is 5.88 Å². The van der Waals surface area contributed by atoms with Crippen molar-refractivity contribution in [2.45, 2.75) is 32.6 Å². The molecule has 24 heavy (non-hydrogen) atoms. The van der Waals surface area contributed by atoms with Gasteiger partial charge in [-0.3, -0.25) is 0 Å². The number of nitrogens with one attached hydrogen (secondary N) is 1. The van der Waals surface area contributed by atoms with E-state index in [1.165, 1.54) is 11.1 Å². The van der Waals surface area contributed by atoms with Gasteiger partial charge in [-0.2, -0.15) is 4.98 Å². The van der Waals surface area contributed by atoms with Crippen LogP contribution in [0.3, 0.4) is 0 Å². The van der Waals surface area contributed by atoms with Crippen molar-refractivity contribution >= 4 is 10.9 Å². The number of fused-ring (bicyclic) bond motifs is 1. The van der Waals surface area contributed by atoms with E-state index in [0.29, 0.717) is 12.5 Å². The van der Waals surface area contributed by atoms with Gasteiger partial charge in [-0.25, -0.2) is 4.79 Å². The minimum Gasteiger partial charge on any atom is -0.477 e. The number of hydrogen-bond acceptors (Lipinski definition) is 3. The molecule has 0 bridgehead atoms. The first-order chi connectivity index (χ1) is 11.4. The van der Waals surface area contributed by atoms with Crippen LogP contribution >= 0.6 is 0 Å². The molecule has 2 aromatic carbocycles. The number of aromatic amines is 1. The summed E-state index contributed by atoms with van der Waals surface area (Å²) >= 11 is 0. The lowest BCUT2D eigenvalue weighted by atomic mass is 9.86.